The molecule has 1 N–H and O–H groups in total. The van der Waals surface area contributed by atoms with Gasteiger partial charge in [-0.15, -0.1) is 34.4 Å². The van der Waals surface area contributed by atoms with E-state index in [0.29, 0.717) is 6.54 Å². The van der Waals surface area contributed by atoms with Crippen LogP contribution >= 0.6 is 58.9 Å². The van der Waals surface area contributed by atoms with Gasteiger partial charge in [0.2, 0.25) is 0 Å². The third-order valence-electron chi connectivity index (χ3n) is 3.21. The van der Waals surface area contributed by atoms with E-state index in [0.717, 1.165) is 9.89 Å². The SMILES string of the molecule is CS/C(=C\c1cc2sc(N(C)CCO)cc2s1)C(=S)N(C)C=S. The molecule has 0 aromatic carbocycles. The number of aliphatic hydroxyl groups is 1. The van der Waals surface area contributed by atoms with Gasteiger partial charge in [0.05, 0.1) is 17.1 Å². The summed E-state index contributed by atoms with van der Waals surface area (Å²) >= 11 is 15.5. The Morgan fingerprint density at radius 2 is 2.00 bits per heavy atom. The van der Waals surface area contributed by atoms with Crippen molar-refractivity contribution in [1.29, 1.82) is 0 Å². The van der Waals surface area contributed by atoms with E-state index in [1.807, 2.05) is 20.4 Å². The average Bonchev–Trinajstić information content (AvgIpc) is 3.09. The maximum absolute atomic E-state index is 9.04. The summed E-state index contributed by atoms with van der Waals surface area (Å²) in [5, 5.41) is 10.2. The van der Waals surface area contributed by atoms with Gasteiger partial charge in [-0.2, -0.15) is 0 Å². The molecular weight excluding hydrogens is 385 g/mol. The molecule has 8 heteroatoms. The van der Waals surface area contributed by atoms with E-state index in [-0.39, 0.29) is 6.61 Å². The molecule has 0 saturated carbocycles. The van der Waals surface area contributed by atoms with Crippen LogP contribution in [-0.4, -0.2) is 54.0 Å². The molecule has 0 atom stereocenters. The maximum Gasteiger partial charge on any atom is 0.120 e. The lowest BCUT2D eigenvalue weighted by Crippen LogP contribution is -2.22. The normalized spacial score (nSPS) is 11.7. The summed E-state index contributed by atoms with van der Waals surface area (Å²) in [7, 11) is 3.87. The molecule has 0 bridgehead atoms. The number of thiophene rings is 2. The number of hydrogen-bond acceptors (Lipinski definition) is 7. The number of thiocarbonyl (C=S) groups is 2. The van der Waals surface area contributed by atoms with Gasteiger partial charge in [-0.1, -0.05) is 24.4 Å². The van der Waals surface area contributed by atoms with Crippen LogP contribution in [0.4, 0.5) is 5.00 Å². The highest BCUT2D eigenvalue weighted by Crippen LogP contribution is 2.38. The topological polar surface area (TPSA) is 26.7 Å². The smallest absolute Gasteiger partial charge is 0.120 e. The molecule has 0 saturated heterocycles. The zero-order valence-corrected chi connectivity index (χ0v) is 17.2. The van der Waals surface area contributed by atoms with Crippen molar-refractivity contribution in [2.75, 3.05) is 38.4 Å². The minimum absolute atomic E-state index is 0.165. The van der Waals surface area contributed by atoms with Crippen LogP contribution in [0.15, 0.2) is 17.0 Å². The Balaban J connectivity index is 2.26. The predicted molar refractivity (Wildman–Crippen MR) is 116 cm³/mol. The molecule has 0 radical (unpaired) electrons. The number of nitrogens with zero attached hydrogens (tertiary/aromatic N) is 2. The van der Waals surface area contributed by atoms with Crippen molar-refractivity contribution in [2.45, 2.75) is 0 Å². The molecule has 0 fully saturated rings. The summed E-state index contributed by atoms with van der Waals surface area (Å²) in [5.41, 5.74) is 1.56. The molecular formula is C15H18N2OS5. The zero-order valence-electron chi connectivity index (χ0n) is 13.1. The third kappa shape index (κ3) is 4.52. The van der Waals surface area contributed by atoms with E-state index >= 15 is 0 Å². The van der Waals surface area contributed by atoms with E-state index in [1.165, 1.54) is 19.3 Å². The number of rotatable bonds is 7. The fourth-order valence-electron chi connectivity index (χ4n) is 1.92. The van der Waals surface area contributed by atoms with Crippen molar-refractivity contribution in [2.24, 2.45) is 0 Å². The molecule has 2 rings (SSSR count). The van der Waals surface area contributed by atoms with Gasteiger partial charge in [0.25, 0.3) is 0 Å². The van der Waals surface area contributed by atoms with Crippen LogP contribution in [-0.2, 0) is 0 Å². The summed E-state index contributed by atoms with van der Waals surface area (Å²) in [5.74, 6) is 0. The van der Waals surface area contributed by atoms with Crippen LogP contribution in [0.5, 0.6) is 0 Å². The van der Waals surface area contributed by atoms with Gasteiger partial charge in [0.15, 0.2) is 0 Å². The Labute approximate surface area is 159 Å². The lowest BCUT2D eigenvalue weighted by Gasteiger charge is -2.15. The second-order valence-corrected chi connectivity index (χ2v) is 8.46. The fourth-order valence-corrected chi connectivity index (χ4v) is 5.42. The number of fused-ring (bicyclic) bond motifs is 1. The van der Waals surface area contributed by atoms with Gasteiger partial charge >= 0.3 is 0 Å². The first-order valence-electron chi connectivity index (χ1n) is 6.83. The highest BCUT2D eigenvalue weighted by molar-refractivity contribution is 8.04. The van der Waals surface area contributed by atoms with Gasteiger partial charge in [-0.3, -0.25) is 0 Å². The monoisotopic (exact) mass is 402 g/mol. The van der Waals surface area contributed by atoms with E-state index in [9.17, 15) is 0 Å². The first-order valence-corrected chi connectivity index (χ1v) is 10.6. The molecule has 0 spiro atoms. The largest absolute Gasteiger partial charge is 0.395 e. The number of hydrogen-bond donors (Lipinski definition) is 1. The van der Waals surface area contributed by atoms with Crippen molar-refractivity contribution in [3.63, 3.8) is 0 Å². The Bertz CT molecular complexity index is 702. The second kappa shape index (κ2) is 8.55. The van der Waals surface area contributed by atoms with Crippen LogP contribution < -0.4 is 4.90 Å². The highest BCUT2D eigenvalue weighted by atomic mass is 32.2. The highest BCUT2D eigenvalue weighted by Gasteiger charge is 2.12. The molecule has 2 aromatic heterocycles. The number of likely N-dealkylation sites (N-methyl/N-ethyl adjacent to an activating group) is 2. The number of anilines is 1. The minimum atomic E-state index is 0.165. The van der Waals surface area contributed by atoms with Crippen molar-refractivity contribution in [3.8, 4) is 0 Å². The van der Waals surface area contributed by atoms with E-state index in [1.54, 1.807) is 44.8 Å². The van der Waals surface area contributed by atoms with E-state index in [4.69, 9.17) is 29.5 Å². The molecule has 23 heavy (non-hydrogen) atoms. The van der Waals surface area contributed by atoms with Gasteiger partial charge in [-0.05, 0) is 24.5 Å². The van der Waals surface area contributed by atoms with Crippen LogP contribution in [0.2, 0.25) is 0 Å². The lowest BCUT2D eigenvalue weighted by atomic mass is 10.4. The molecule has 0 amide bonds. The molecule has 2 heterocycles. The summed E-state index contributed by atoms with van der Waals surface area (Å²) < 4.78 is 2.52. The molecule has 0 aliphatic carbocycles. The second-order valence-electron chi connectivity index (χ2n) is 4.84. The Hall–Kier alpha value is -0.510. The fraction of sp³-hybridized carbons (Fsp3) is 0.333. The standard InChI is InChI=1S/C15H18N2OS5/c1-16(4-5-18)14-8-12-11(23-14)6-10(22-12)7-13(21-3)15(20)17(2)9-19/h6-9,18H,4-5H2,1-3H3/b13-7-. The quantitative estimate of drug-likeness (QED) is 0.548. The molecule has 3 nitrogen and oxygen atoms in total. The summed E-state index contributed by atoms with van der Waals surface area (Å²) in [6.45, 7) is 0.813. The third-order valence-corrected chi connectivity index (χ3v) is 7.27. The molecule has 0 aliphatic rings. The number of thioether (sulfide) groups is 1. The Morgan fingerprint density at radius 3 is 2.57 bits per heavy atom. The summed E-state index contributed by atoms with van der Waals surface area (Å²) in [6, 6.07) is 4.37. The first kappa shape index (κ1) is 18.8. The average molecular weight is 403 g/mol. The van der Waals surface area contributed by atoms with Crippen LogP contribution in [0.1, 0.15) is 4.88 Å². The van der Waals surface area contributed by atoms with Crippen LogP contribution in [0, 0.1) is 0 Å². The van der Waals surface area contributed by atoms with Crippen LogP contribution in [0.25, 0.3) is 15.5 Å². The summed E-state index contributed by atoms with van der Waals surface area (Å²) in [4.78, 5) is 6.82. The lowest BCUT2D eigenvalue weighted by molar-refractivity contribution is 0.304. The van der Waals surface area contributed by atoms with Gasteiger partial charge in [0, 0.05) is 39.8 Å². The van der Waals surface area contributed by atoms with Crippen molar-refractivity contribution < 1.29 is 5.11 Å². The number of aliphatic hydroxyl groups excluding tert-OH is 1. The first-order chi connectivity index (χ1) is 11.0. The molecule has 2 aromatic rings. The van der Waals surface area contributed by atoms with Crippen LogP contribution in [0.3, 0.4) is 0 Å². The van der Waals surface area contributed by atoms with Gasteiger partial charge < -0.3 is 14.9 Å². The Kier molecular flexibility index (Phi) is 7.00. The Morgan fingerprint density at radius 1 is 1.30 bits per heavy atom. The van der Waals surface area contributed by atoms with Gasteiger partial charge in [0.1, 0.15) is 4.99 Å². The van der Waals surface area contributed by atoms with Crippen molar-refractivity contribution in [3.05, 3.63) is 21.9 Å². The van der Waals surface area contributed by atoms with Crippen molar-refractivity contribution in [1.82, 2.24) is 4.90 Å². The summed E-state index contributed by atoms with van der Waals surface area (Å²) in [6.07, 6.45) is 4.14. The predicted octanol–water partition coefficient (Wildman–Crippen LogP) is 4.31. The molecule has 0 aliphatic heterocycles. The molecule has 0 unspecified atom stereocenters. The molecule has 124 valence electrons. The van der Waals surface area contributed by atoms with Crippen molar-refractivity contribution >= 4 is 89.8 Å². The maximum atomic E-state index is 9.04. The zero-order chi connectivity index (χ0) is 17.0. The van der Waals surface area contributed by atoms with Gasteiger partial charge in [-0.25, -0.2) is 0 Å². The minimum Gasteiger partial charge on any atom is -0.395 e. The van der Waals surface area contributed by atoms with E-state index < -0.39 is 0 Å². The van der Waals surface area contributed by atoms with E-state index in [2.05, 4.69) is 23.1 Å².